The molecule has 142 valence electrons. The van der Waals surface area contributed by atoms with Crippen LogP contribution in [0.4, 0.5) is 5.00 Å². The van der Waals surface area contributed by atoms with E-state index in [-0.39, 0.29) is 5.91 Å². The van der Waals surface area contributed by atoms with Crippen LogP contribution in [0.2, 0.25) is 0 Å². The molecule has 2 unspecified atom stereocenters. The molecule has 0 spiro atoms. The second kappa shape index (κ2) is 8.20. The number of primary amides is 1. The van der Waals surface area contributed by atoms with Gasteiger partial charge in [-0.3, -0.25) is 14.4 Å². The van der Waals surface area contributed by atoms with Gasteiger partial charge in [-0.15, -0.1) is 11.3 Å². The van der Waals surface area contributed by atoms with Crippen LogP contribution in [0.15, 0.2) is 0 Å². The highest BCUT2D eigenvalue weighted by Gasteiger charge is 2.36. The summed E-state index contributed by atoms with van der Waals surface area (Å²) < 4.78 is 0. The van der Waals surface area contributed by atoms with Crippen LogP contribution in [0.25, 0.3) is 0 Å². The molecule has 7 heteroatoms. The smallest absolute Gasteiger partial charge is 0.307 e. The summed E-state index contributed by atoms with van der Waals surface area (Å²) in [5.41, 5.74) is 7.04. The first kappa shape index (κ1) is 18.9. The molecule has 3 rings (SSSR count). The minimum Gasteiger partial charge on any atom is -0.481 e. The number of aliphatic carboxylic acids is 1. The van der Waals surface area contributed by atoms with Crippen molar-refractivity contribution in [2.45, 2.75) is 64.2 Å². The molecule has 1 aromatic heterocycles. The fourth-order valence-electron chi connectivity index (χ4n) is 4.21. The third-order valence-electron chi connectivity index (χ3n) is 5.57. The van der Waals surface area contributed by atoms with E-state index in [9.17, 15) is 19.5 Å². The second-order valence-corrected chi connectivity index (χ2v) is 8.42. The number of carboxylic acid groups (broad SMARTS) is 1. The highest BCUT2D eigenvalue weighted by molar-refractivity contribution is 7.17. The van der Waals surface area contributed by atoms with Crippen LogP contribution in [0, 0.1) is 11.8 Å². The van der Waals surface area contributed by atoms with Gasteiger partial charge in [0.1, 0.15) is 5.00 Å². The largest absolute Gasteiger partial charge is 0.481 e. The number of thiophene rings is 1. The summed E-state index contributed by atoms with van der Waals surface area (Å²) >= 11 is 1.43. The van der Waals surface area contributed by atoms with Gasteiger partial charge < -0.3 is 16.2 Å². The molecule has 2 amide bonds. The molecule has 0 aromatic carbocycles. The van der Waals surface area contributed by atoms with Crippen molar-refractivity contribution >= 4 is 34.1 Å². The summed E-state index contributed by atoms with van der Waals surface area (Å²) in [5, 5.41) is 12.8. The van der Waals surface area contributed by atoms with Crippen molar-refractivity contribution in [1.29, 1.82) is 0 Å². The first-order valence-corrected chi connectivity index (χ1v) is 10.3. The maximum absolute atomic E-state index is 12.8. The van der Waals surface area contributed by atoms with Gasteiger partial charge in [0.25, 0.3) is 5.91 Å². The fourth-order valence-corrected chi connectivity index (χ4v) is 5.51. The van der Waals surface area contributed by atoms with Gasteiger partial charge in [-0.2, -0.15) is 0 Å². The number of aryl methyl sites for hydroxylation is 1. The van der Waals surface area contributed by atoms with Gasteiger partial charge in [0.05, 0.1) is 17.4 Å². The number of hydrogen-bond acceptors (Lipinski definition) is 4. The summed E-state index contributed by atoms with van der Waals surface area (Å²) in [7, 11) is 0. The number of fused-ring (bicyclic) bond motifs is 1. The van der Waals surface area contributed by atoms with Crippen molar-refractivity contribution in [1.82, 2.24) is 0 Å². The molecule has 1 heterocycles. The van der Waals surface area contributed by atoms with Crippen LogP contribution in [0.1, 0.15) is 72.2 Å². The van der Waals surface area contributed by atoms with Gasteiger partial charge in [0, 0.05) is 4.88 Å². The molecule has 1 aromatic rings. The molecule has 0 radical (unpaired) electrons. The molecule has 2 aliphatic carbocycles. The van der Waals surface area contributed by atoms with Crippen LogP contribution < -0.4 is 11.1 Å². The van der Waals surface area contributed by atoms with Crippen molar-refractivity contribution in [2.75, 3.05) is 5.32 Å². The molecule has 1 saturated carbocycles. The second-order valence-electron chi connectivity index (χ2n) is 7.31. The van der Waals surface area contributed by atoms with Gasteiger partial charge in [0.15, 0.2) is 0 Å². The molecule has 0 aliphatic heterocycles. The van der Waals surface area contributed by atoms with E-state index in [0.29, 0.717) is 23.4 Å². The molecular formula is C19H26N2O4S. The topological polar surface area (TPSA) is 109 Å². The lowest BCUT2D eigenvalue weighted by Gasteiger charge is -2.27. The minimum atomic E-state index is -0.918. The molecule has 2 atom stereocenters. The van der Waals surface area contributed by atoms with Crippen molar-refractivity contribution in [2.24, 2.45) is 17.6 Å². The number of carboxylic acids is 1. The van der Waals surface area contributed by atoms with Crippen LogP contribution in [0.5, 0.6) is 0 Å². The molecule has 1 fully saturated rings. The zero-order valence-electron chi connectivity index (χ0n) is 14.9. The predicted octanol–water partition coefficient (Wildman–Crippen LogP) is 3.34. The summed E-state index contributed by atoms with van der Waals surface area (Å²) in [4.78, 5) is 37.5. The van der Waals surface area contributed by atoms with E-state index >= 15 is 0 Å². The first-order valence-electron chi connectivity index (χ1n) is 9.47. The Labute approximate surface area is 157 Å². The van der Waals surface area contributed by atoms with Crippen LogP contribution >= 0.6 is 11.3 Å². The maximum atomic E-state index is 12.8. The highest BCUT2D eigenvalue weighted by Crippen LogP contribution is 2.38. The maximum Gasteiger partial charge on any atom is 0.307 e. The van der Waals surface area contributed by atoms with Gasteiger partial charge in [0.2, 0.25) is 5.91 Å². The third-order valence-corrected chi connectivity index (χ3v) is 6.78. The van der Waals surface area contributed by atoms with Crippen LogP contribution in [-0.2, 0) is 22.4 Å². The lowest BCUT2D eigenvalue weighted by atomic mass is 9.78. The Morgan fingerprint density at radius 2 is 1.62 bits per heavy atom. The molecule has 0 saturated heterocycles. The Kier molecular flexibility index (Phi) is 5.96. The van der Waals surface area contributed by atoms with E-state index in [4.69, 9.17) is 5.73 Å². The normalized spacial score (nSPS) is 23.4. The van der Waals surface area contributed by atoms with Crippen molar-refractivity contribution in [3.8, 4) is 0 Å². The van der Waals surface area contributed by atoms with E-state index in [2.05, 4.69) is 5.32 Å². The molecule has 6 nitrogen and oxygen atoms in total. The van der Waals surface area contributed by atoms with Crippen molar-refractivity contribution < 1.29 is 19.5 Å². The third kappa shape index (κ3) is 3.92. The van der Waals surface area contributed by atoms with Crippen molar-refractivity contribution in [3.63, 3.8) is 0 Å². The van der Waals surface area contributed by atoms with Gasteiger partial charge in [-0.05, 0) is 44.1 Å². The lowest BCUT2D eigenvalue weighted by molar-refractivity contribution is -0.147. The first-order chi connectivity index (χ1) is 12.5. The Morgan fingerprint density at radius 1 is 0.962 bits per heavy atom. The lowest BCUT2D eigenvalue weighted by Crippen LogP contribution is -2.36. The minimum absolute atomic E-state index is 0.297. The number of amides is 2. The van der Waals surface area contributed by atoms with Gasteiger partial charge >= 0.3 is 5.97 Å². The average Bonchev–Trinajstić information content (AvgIpc) is 2.91. The molecule has 4 N–H and O–H groups in total. The number of rotatable bonds is 4. The number of carbonyl (C=O) groups excluding carboxylic acids is 2. The molecule has 0 bridgehead atoms. The van der Waals surface area contributed by atoms with Gasteiger partial charge in [-0.1, -0.05) is 25.7 Å². The number of carbonyl (C=O) groups is 3. The SMILES string of the molecule is NC(=O)c1c(NC(=O)C2CCCCC2C(=O)O)sc2c1CCCCCC2. The summed E-state index contributed by atoms with van der Waals surface area (Å²) in [5.74, 6) is -2.93. The average molecular weight is 378 g/mol. The standard InChI is InChI=1S/C19H26N2O4S/c20-16(22)15-13-9-3-1-2-4-10-14(13)26-18(15)21-17(23)11-7-5-6-8-12(11)19(24)25/h11-12H,1-10H2,(H2,20,22)(H,21,23)(H,24,25). The highest BCUT2D eigenvalue weighted by atomic mass is 32.1. The number of nitrogens with one attached hydrogen (secondary N) is 1. The summed E-state index contributed by atoms with van der Waals surface area (Å²) in [6, 6.07) is 0. The summed E-state index contributed by atoms with van der Waals surface area (Å²) in [6.45, 7) is 0. The monoisotopic (exact) mass is 378 g/mol. The molecule has 2 aliphatic rings. The number of anilines is 1. The predicted molar refractivity (Wildman–Crippen MR) is 100 cm³/mol. The molecule has 26 heavy (non-hydrogen) atoms. The fraction of sp³-hybridized carbons (Fsp3) is 0.632. The Bertz CT molecular complexity index is 713. The van der Waals surface area contributed by atoms with E-state index < -0.39 is 23.7 Å². The van der Waals surface area contributed by atoms with E-state index in [1.54, 1.807) is 0 Å². The zero-order valence-corrected chi connectivity index (χ0v) is 15.7. The van der Waals surface area contributed by atoms with Crippen LogP contribution in [0.3, 0.4) is 0 Å². The number of hydrogen-bond donors (Lipinski definition) is 3. The molecular weight excluding hydrogens is 352 g/mol. The summed E-state index contributed by atoms with van der Waals surface area (Å²) in [6.07, 6.45) is 8.89. The van der Waals surface area contributed by atoms with E-state index in [1.807, 2.05) is 0 Å². The zero-order chi connectivity index (χ0) is 18.7. The quantitative estimate of drug-likeness (QED) is 0.746. The van der Waals surface area contributed by atoms with Crippen LogP contribution in [-0.4, -0.2) is 22.9 Å². The Balaban J connectivity index is 1.86. The van der Waals surface area contributed by atoms with Gasteiger partial charge in [-0.25, -0.2) is 0 Å². The van der Waals surface area contributed by atoms with E-state index in [0.717, 1.165) is 55.4 Å². The van der Waals surface area contributed by atoms with E-state index in [1.165, 1.54) is 17.8 Å². The number of nitrogens with two attached hydrogens (primary N) is 1. The Morgan fingerprint density at radius 3 is 2.27 bits per heavy atom. The Hall–Kier alpha value is -1.89. The van der Waals surface area contributed by atoms with Crippen molar-refractivity contribution in [3.05, 3.63) is 16.0 Å².